The molecule has 6 heteroatoms. The highest BCUT2D eigenvalue weighted by molar-refractivity contribution is 6.04. The average Bonchev–Trinajstić information content (AvgIpc) is 3.26. The molecule has 0 aliphatic heterocycles. The maximum absolute atomic E-state index is 12.8. The van der Waals surface area contributed by atoms with Gasteiger partial charge in [0.1, 0.15) is 11.5 Å². The van der Waals surface area contributed by atoms with Crippen molar-refractivity contribution < 1.29 is 18.7 Å². The van der Waals surface area contributed by atoms with Crippen molar-refractivity contribution in [1.82, 2.24) is 5.32 Å². The molecule has 1 aromatic heterocycles. The van der Waals surface area contributed by atoms with Crippen LogP contribution in [-0.4, -0.2) is 17.9 Å². The van der Waals surface area contributed by atoms with Gasteiger partial charge in [-0.3, -0.25) is 9.59 Å². The van der Waals surface area contributed by atoms with E-state index in [0.717, 1.165) is 11.1 Å². The van der Waals surface area contributed by atoms with Crippen LogP contribution in [-0.2, 0) is 11.3 Å². The van der Waals surface area contributed by atoms with Gasteiger partial charge in [-0.25, -0.2) is 0 Å². The molecule has 1 atom stereocenters. The van der Waals surface area contributed by atoms with E-state index < -0.39 is 6.10 Å². The monoisotopic (exact) mass is 420 g/mol. The summed E-state index contributed by atoms with van der Waals surface area (Å²) in [6.07, 6.45) is 0.814. The second kappa shape index (κ2) is 9.98. The summed E-state index contributed by atoms with van der Waals surface area (Å²) in [5.74, 6) is 0.978. The van der Waals surface area contributed by atoms with Crippen LogP contribution < -0.4 is 15.4 Å². The second-order valence-corrected chi connectivity index (χ2v) is 7.75. The van der Waals surface area contributed by atoms with Crippen LogP contribution in [0.15, 0.2) is 65.3 Å². The molecule has 3 aromatic rings. The zero-order valence-corrected chi connectivity index (χ0v) is 18.3. The van der Waals surface area contributed by atoms with Gasteiger partial charge in [-0.2, -0.15) is 0 Å². The van der Waals surface area contributed by atoms with Gasteiger partial charge in [0.25, 0.3) is 11.8 Å². The largest absolute Gasteiger partial charge is 0.481 e. The van der Waals surface area contributed by atoms with E-state index in [1.807, 2.05) is 25.1 Å². The zero-order valence-electron chi connectivity index (χ0n) is 18.3. The van der Waals surface area contributed by atoms with Crippen LogP contribution in [0.3, 0.4) is 0 Å². The summed E-state index contributed by atoms with van der Waals surface area (Å²) in [6.45, 7) is 8.11. The fourth-order valence-electron chi connectivity index (χ4n) is 3.16. The van der Waals surface area contributed by atoms with E-state index in [-0.39, 0.29) is 24.3 Å². The Morgan fingerprint density at radius 1 is 1.03 bits per heavy atom. The lowest BCUT2D eigenvalue weighted by molar-refractivity contribution is -0.122. The first kappa shape index (κ1) is 22.2. The van der Waals surface area contributed by atoms with Gasteiger partial charge in [0, 0.05) is 0 Å². The van der Waals surface area contributed by atoms with Gasteiger partial charge in [0.15, 0.2) is 6.10 Å². The number of hydrogen-bond acceptors (Lipinski definition) is 4. The number of benzene rings is 2. The van der Waals surface area contributed by atoms with Crippen LogP contribution in [0.5, 0.6) is 5.75 Å². The molecule has 0 saturated heterocycles. The van der Waals surface area contributed by atoms with E-state index in [0.29, 0.717) is 22.8 Å². The lowest BCUT2D eigenvalue weighted by atomic mass is 10.0. The highest BCUT2D eigenvalue weighted by atomic mass is 16.5. The molecular weight excluding hydrogens is 392 g/mol. The standard InChI is InChI=1S/C25H28N2O4/c1-16(2)20-12-11-17(3)14-23(20)31-18(4)24(28)27-22-10-6-5-9-21(22)25(29)26-15-19-8-7-13-30-19/h5-14,16,18H,15H2,1-4H3,(H,26,29)(H,27,28)/t18-/m1/s1. The van der Waals surface area contributed by atoms with Crippen molar-refractivity contribution in [3.8, 4) is 5.75 Å². The first-order valence-electron chi connectivity index (χ1n) is 10.3. The van der Waals surface area contributed by atoms with Gasteiger partial charge < -0.3 is 19.8 Å². The summed E-state index contributed by atoms with van der Waals surface area (Å²) < 4.78 is 11.2. The van der Waals surface area contributed by atoms with E-state index >= 15 is 0 Å². The summed E-state index contributed by atoms with van der Waals surface area (Å²) in [5.41, 5.74) is 2.90. The van der Waals surface area contributed by atoms with Gasteiger partial charge in [-0.1, -0.05) is 38.1 Å². The summed E-state index contributed by atoms with van der Waals surface area (Å²) in [5, 5.41) is 5.61. The van der Waals surface area contributed by atoms with Crippen LogP contribution in [0, 0.1) is 6.92 Å². The number of hydrogen-bond donors (Lipinski definition) is 2. The smallest absolute Gasteiger partial charge is 0.265 e. The number of para-hydroxylation sites is 1. The molecule has 2 aromatic carbocycles. The zero-order chi connectivity index (χ0) is 22.4. The molecule has 0 bridgehead atoms. The average molecular weight is 421 g/mol. The highest BCUT2D eigenvalue weighted by Crippen LogP contribution is 2.28. The molecule has 2 amide bonds. The van der Waals surface area contributed by atoms with E-state index in [1.165, 1.54) is 0 Å². The number of rotatable bonds is 8. The molecule has 0 fully saturated rings. The molecule has 31 heavy (non-hydrogen) atoms. The molecule has 0 spiro atoms. The number of aryl methyl sites for hydroxylation is 1. The summed E-state index contributed by atoms with van der Waals surface area (Å²) in [6, 6.07) is 16.4. The number of furan rings is 1. The van der Waals surface area contributed by atoms with Gasteiger partial charge >= 0.3 is 0 Å². The molecule has 162 valence electrons. The number of anilines is 1. The SMILES string of the molecule is Cc1ccc(C(C)C)c(O[C@H](C)C(=O)Nc2ccccc2C(=O)NCc2ccco2)c1. The van der Waals surface area contributed by atoms with E-state index in [1.54, 1.807) is 49.6 Å². The third-order valence-corrected chi connectivity index (χ3v) is 4.90. The fraction of sp³-hybridized carbons (Fsp3) is 0.280. The van der Waals surface area contributed by atoms with Gasteiger partial charge in [0.2, 0.25) is 0 Å². The minimum atomic E-state index is -0.737. The van der Waals surface area contributed by atoms with Crippen molar-refractivity contribution in [2.24, 2.45) is 0 Å². The highest BCUT2D eigenvalue weighted by Gasteiger charge is 2.20. The molecular formula is C25H28N2O4. The Bertz CT molecular complexity index is 1040. The molecule has 3 rings (SSSR count). The van der Waals surface area contributed by atoms with Crippen molar-refractivity contribution in [3.63, 3.8) is 0 Å². The topological polar surface area (TPSA) is 80.6 Å². The molecule has 0 saturated carbocycles. The first-order valence-corrected chi connectivity index (χ1v) is 10.3. The Balaban J connectivity index is 1.69. The second-order valence-electron chi connectivity index (χ2n) is 7.75. The minimum Gasteiger partial charge on any atom is -0.481 e. The van der Waals surface area contributed by atoms with E-state index in [9.17, 15) is 9.59 Å². The van der Waals surface area contributed by atoms with Crippen molar-refractivity contribution in [1.29, 1.82) is 0 Å². The van der Waals surface area contributed by atoms with Gasteiger partial charge in [-0.05, 0) is 61.2 Å². The van der Waals surface area contributed by atoms with Crippen molar-refractivity contribution in [2.75, 3.05) is 5.32 Å². The molecule has 0 aliphatic carbocycles. The van der Waals surface area contributed by atoms with Crippen molar-refractivity contribution >= 4 is 17.5 Å². The summed E-state index contributed by atoms with van der Waals surface area (Å²) >= 11 is 0. The van der Waals surface area contributed by atoms with Gasteiger partial charge in [-0.15, -0.1) is 0 Å². The number of carbonyl (C=O) groups excluding carboxylic acids is 2. The molecule has 2 N–H and O–H groups in total. The number of carbonyl (C=O) groups is 2. The van der Waals surface area contributed by atoms with Crippen LogP contribution in [0.4, 0.5) is 5.69 Å². The minimum absolute atomic E-state index is 0.263. The van der Waals surface area contributed by atoms with Crippen LogP contribution in [0.25, 0.3) is 0 Å². The Morgan fingerprint density at radius 2 is 1.81 bits per heavy atom. The number of ether oxygens (including phenoxy) is 1. The number of nitrogens with one attached hydrogen (secondary N) is 2. The lowest BCUT2D eigenvalue weighted by Gasteiger charge is -2.20. The third kappa shape index (κ3) is 5.75. The molecule has 6 nitrogen and oxygen atoms in total. The molecule has 0 radical (unpaired) electrons. The quantitative estimate of drug-likeness (QED) is 0.535. The van der Waals surface area contributed by atoms with Gasteiger partial charge in [0.05, 0.1) is 24.1 Å². The van der Waals surface area contributed by atoms with Crippen molar-refractivity contribution in [2.45, 2.75) is 46.3 Å². The Kier molecular flexibility index (Phi) is 7.13. The van der Waals surface area contributed by atoms with Crippen molar-refractivity contribution in [3.05, 3.63) is 83.3 Å². The van der Waals surface area contributed by atoms with Crippen LogP contribution in [0.1, 0.15) is 53.9 Å². The predicted molar refractivity (Wildman–Crippen MR) is 120 cm³/mol. The lowest BCUT2D eigenvalue weighted by Crippen LogP contribution is -2.32. The fourth-order valence-corrected chi connectivity index (χ4v) is 3.16. The van der Waals surface area contributed by atoms with Crippen LogP contribution >= 0.6 is 0 Å². The van der Waals surface area contributed by atoms with E-state index in [2.05, 4.69) is 24.5 Å². The Labute approximate surface area is 182 Å². The first-order chi connectivity index (χ1) is 14.8. The Hall–Kier alpha value is -3.54. The Morgan fingerprint density at radius 3 is 2.52 bits per heavy atom. The van der Waals surface area contributed by atoms with E-state index in [4.69, 9.17) is 9.15 Å². The molecule has 0 unspecified atom stereocenters. The third-order valence-electron chi connectivity index (χ3n) is 4.90. The predicted octanol–water partition coefficient (Wildman–Crippen LogP) is 5.05. The van der Waals surface area contributed by atoms with Crippen LogP contribution in [0.2, 0.25) is 0 Å². The number of amides is 2. The summed E-state index contributed by atoms with van der Waals surface area (Å²) in [7, 11) is 0. The molecule has 1 heterocycles. The maximum atomic E-state index is 12.8. The summed E-state index contributed by atoms with van der Waals surface area (Å²) in [4.78, 5) is 25.4. The maximum Gasteiger partial charge on any atom is 0.265 e. The molecule has 0 aliphatic rings. The normalized spacial score (nSPS) is 11.8.